The van der Waals surface area contributed by atoms with Crippen LogP contribution >= 0.6 is 0 Å². The Labute approximate surface area is 107 Å². The van der Waals surface area contributed by atoms with Gasteiger partial charge >= 0.3 is 0 Å². The van der Waals surface area contributed by atoms with Crippen LogP contribution in [-0.2, 0) is 0 Å². The van der Waals surface area contributed by atoms with Crippen molar-refractivity contribution >= 4 is 5.78 Å². The molecule has 0 N–H and O–H groups in total. The molecule has 0 aliphatic heterocycles. The van der Waals surface area contributed by atoms with Gasteiger partial charge in [0.1, 0.15) is 18.7 Å². The van der Waals surface area contributed by atoms with Gasteiger partial charge in [0.2, 0.25) is 0 Å². The second kappa shape index (κ2) is 6.10. The molecule has 0 aliphatic carbocycles. The molecule has 1 unspecified atom stereocenters. The van der Waals surface area contributed by atoms with Crippen LogP contribution in [0, 0.1) is 0 Å². The van der Waals surface area contributed by atoms with E-state index in [1.165, 1.54) is 6.33 Å². The van der Waals surface area contributed by atoms with Gasteiger partial charge < -0.3 is 0 Å². The molecule has 18 heavy (non-hydrogen) atoms. The minimum atomic E-state index is -0.241. The molecule has 4 heteroatoms. The fraction of sp³-hybridized carbons (Fsp3) is 0.357. The van der Waals surface area contributed by atoms with Crippen LogP contribution in [0.4, 0.5) is 0 Å². The number of carbonyl (C=O) groups is 1. The topological polar surface area (TPSA) is 47.8 Å². The summed E-state index contributed by atoms with van der Waals surface area (Å²) in [5.41, 5.74) is 0.731. The number of ketones is 1. The van der Waals surface area contributed by atoms with Crippen molar-refractivity contribution in [2.45, 2.75) is 32.2 Å². The molecule has 94 valence electrons. The van der Waals surface area contributed by atoms with Crippen LogP contribution in [0.1, 0.15) is 42.6 Å². The molecule has 1 heterocycles. The van der Waals surface area contributed by atoms with Gasteiger partial charge in [0, 0.05) is 5.56 Å². The number of aromatic nitrogens is 3. The quantitative estimate of drug-likeness (QED) is 0.733. The Morgan fingerprint density at radius 2 is 2.11 bits per heavy atom. The van der Waals surface area contributed by atoms with Gasteiger partial charge in [-0.15, -0.1) is 0 Å². The number of benzene rings is 1. The first-order chi connectivity index (χ1) is 8.83. The van der Waals surface area contributed by atoms with E-state index < -0.39 is 0 Å². The van der Waals surface area contributed by atoms with Gasteiger partial charge in [-0.05, 0) is 6.42 Å². The highest BCUT2D eigenvalue weighted by Crippen LogP contribution is 2.19. The maximum atomic E-state index is 12.5. The molecule has 2 rings (SSSR count). The molecule has 0 spiro atoms. The molecule has 4 nitrogen and oxygen atoms in total. The molecule has 1 aromatic heterocycles. The number of Topliss-reactive ketones (excluding diaryl/α,β-unsaturated/α-hetero) is 1. The van der Waals surface area contributed by atoms with Gasteiger partial charge in [0.05, 0.1) is 0 Å². The van der Waals surface area contributed by atoms with E-state index in [1.54, 1.807) is 11.0 Å². The van der Waals surface area contributed by atoms with Crippen molar-refractivity contribution in [3.63, 3.8) is 0 Å². The molecule has 0 aliphatic rings. The molecule has 0 radical (unpaired) electrons. The maximum absolute atomic E-state index is 12.5. The first-order valence-electron chi connectivity index (χ1n) is 6.26. The Bertz CT molecular complexity index is 479. The van der Waals surface area contributed by atoms with E-state index in [1.807, 2.05) is 30.3 Å². The Balaban J connectivity index is 2.21. The van der Waals surface area contributed by atoms with Crippen LogP contribution in [0.5, 0.6) is 0 Å². The fourth-order valence-electron chi connectivity index (χ4n) is 1.95. The largest absolute Gasteiger partial charge is 0.292 e. The maximum Gasteiger partial charge on any atom is 0.187 e. The van der Waals surface area contributed by atoms with Crippen LogP contribution in [-0.4, -0.2) is 20.5 Å². The van der Waals surface area contributed by atoms with Crippen molar-refractivity contribution in [3.8, 4) is 0 Å². The number of rotatable bonds is 6. The lowest BCUT2D eigenvalue weighted by Gasteiger charge is -2.15. The third-order valence-corrected chi connectivity index (χ3v) is 2.95. The molecular weight excluding hydrogens is 226 g/mol. The number of nitrogens with zero attached hydrogens (tertiary/aromatic N) is 3. The molecule has 1 atom stereocenters. The summed E-state index contributed by atoms with van der Waals surface area (Å²) in [6.45, 7) is 2.12. The SMILES string of the molecule is CCCCC(C(=O)c1ccccc1)n1cncn1. The van der Waals surface area contributed by atoms with Crippen molar-refractivity contribution in [2.75, 3.05) is 0 Å². The Hall–Kier alpha value is -1.97. The second-order valence-corrected chi connectivity index (χ2v) is 4.26. The van der Waals surface area contributed by atoms with Crippen LogP contribution in [0.3, 0.4) is 0 Å². The van der Waals surface area contributed by atoms with Gasteiger partial charge in [0.15, 0.2) is 5.78 Å². The lowest BCUT2D eigenvalue weighted by Crippen LogP contribution is -2.20. The fourth-order valence-corrected chi connectivity index (χ4v) is 1.95. The summed E-state index contributed by atoms with van der Waals surface area (Å²) >= 11 is 0. The van der Waals surface area contributed by atoms with Crippen LogP contribution in [0.25, 0.3) is 0 Å². The predicted molar refractivity (Wildman–Crippen MR) is 69.4 cm³/mol. The first kappa shape index (κ1) is 12.5. The number of hydrogen-bond donors (Lipinski definition) is 0. The minimum Gasteiger partial charge on any atom is -0.292 e. The van der Waals surface area contributed by atoms with Gasteiger partial charge in [-0.3, -0.25) is 4.79 Å². The molecule has 0 bridgehead atoms. The number of carbonyl (C=O) groups excluding carboxylic acids is 1. The highest BCUT2D eigenvalue weighted by Gasteiger charge is 2.21. The van der Waals surface area contributed by atoms with E-state index in [0.29, 0.717) is 0 Å². The Morgan fingerprint density at radius 1 is 1.33 bits per heavy atom. The summed E-state index contributed by atoms with van der Waals surface area (Å²) < 4.78 is 1.66. The third-order valence-electron chi connectivity index (χ3n) is 2.95. The molecule has 0 saturated carbocycles. The summed E-state index contributed by atoms with van der Waals surface area (Å²) in [7, 11) is 0. The Kier molecular flexibility index (Phi) is 4.23. The zero-order chi connectivity index (χ0) is 12.8. The summed E-state index contributed by atoms with van der Waals surface area (Å²) in [5, 5.41) is 4.10. The number of unbranched alkanes of at least 4 members (excludes halogenated alkanes) is 1. The molecule has 0 amide bonds. The van der Waals surface area contributed by atoms with Crippen molar-refractivity contribution in [3.05, 3.63) is 48.5 Å². The molecular formula is C14H17N3O. The third kappa shape index (κ3) is 2.83. The summed E-state index contributed by atoms with van der Waals surface area (Å²) in [4.78, 5) is 16.4. The summed E-state index contributed by atoms with van der Waals surface area (Å²) in [6.07, 6.45) is 5.95. The van der Waals surface area contributed by atoms with E-state index in [4.69, 9.17) is 0 Å². The van der Waals surface area contributed by atoms with Crippen LogP contribution < -0.4 is 0 Å². The predicted octanol–water partition coefficient (Wildman–Crippen LogP) is 2.89. The average Bonchev–Trinajstić information content (AvgIpc) is 2.94. The van der Waals surface area contributed by atoms with E-state index in [2.05, 4.69) is 17.0 Å². The lowest BCUT2D eigenvalue weighted by atomic mass is 10.00. The van der Waals surface area contributed by atoms with E-state index in [9.17, 15) is 4.79 Å². The average molecular weight is 243 g/mol. The molecule has 2 aromatic rings. The highest BCUT2D eigenvalue weighted by atomic mass is 16.1. The van der Waals surface area contributed by atoms with E-state index in [0.717, 1.165) is 24.8 Å². The van der Waals surface area contributed by atoms with Crippen molar-refractivity contribution < 1.29 is 4.79 Å². The lowest BCUT2D eigenvalue weighted by molar-refractivity contribution is 0.0909. The number of hydrogen-bond acceptors (Lipinski definition) is 3. The van der Waals surface area contributed by atoms with Gasteiger partial charge in [0.25, 0.3) is 0 Å². The molecule has 0 fully saturated rings. The van der Waals surface area contributed by atoms with E-state index >= 15 is 0 Å². The smallest absolute Gasteiger partial charge is 0.187 e. The second-order valence-electron chi connectivity index (χ2n) is 4.26. The summed E-state index contributed by atoms with van der Waals surface area (Å²) in [5.74, 6) is 0.106. The van der Waals surface area contributed by atoms with Crippen molar-refractivity contribution in [2.24, 2.45) is 0 Å². The first-order valence-corrected chi connectivity index (χ1v) is 6.26. The van der Waals surface area contributed by atoms with E-state index in [-0.39, 0.29) is 11.8 Å². The van der Waals surface area contributed by atoms with Gasteiger partial charge in [-0.2, -0.15) is 5.10 Å². The highest BCUT2D eigenvalue weighted by molar-refractivity contribution is 5.98. The van der Waals surface area contributed by atoms with Gasteiger partial charge in [-0.25, -0.2) is 9.67 Å². The zero-order valence-electron chi connectivity index (χ0n) is 10.5. The molecule has 1 aromatic carbocycles. The monoisotopic (exact) mass is 243 g/mol. The molecule has 0 saturated heterocycles. The van der Waals surface area contributed by atoms with Crippen LogP contribution in [0.15, 0.2) is 43.0 Å². The zero-order valence-corrected chi connectivity index (χ0v) is 10.5. The standard InChI is InChI=1S/C14H17N3O/c1-2-3-9-13(17-11-15-10-16-17)14(18)12-7-5-4-6-8-12/h4-8,10-11,13H,2-3,9H2,1H3. The van der Waals surface area contributed by atoms with Crippen molar-refractivity contribution in [1.82, 2.24) is 14.8 Å². The van der Waals surface area contributed by atoms with Crippen LogP contribution in [0.2, 0.25) is 0 Å². The van der Waals surface area contributed by atoms with Crippen molar-refractivity contribution in [1.29, 1.82) is 0 Å². The minimum absolute atomic E-state index is 0.106. The Morgan fingerprint density at radius 3 is 2.72 bits per heavy atom. The summed E-state index contributed by atoms with van der Waals surface area (Å²) in [6, 6.07) is 9.12. The normalized spacial score (nSPS) is 12.3. The van der Waals surface area contributed by atoms with Gasteiger partial charge in [-0.1, -0.05) is 50.1 Å².